The Kier molecular flexibility index (Phi) is 4.69. The lowest BCUT2D eigenvalue weighted by atomic mass is 10.2. The van der Waals surface area contributed by atoms with Gasteiger partial charge >= 0.3 is 0 Å². The number of halogens is 1. The summed E-state index contributed by atoms with van der Waals surface area (Å²) in [5.41, 5.74) is 0.846. The Balaban J connectivity index is 2.70. The van der Waals surface area contributed by atoms with Crippen molar-refractivity contribution in [3.8, 4) is 0 Å². The average molecular weight is 257 g/mol. The van der Waals surface area contributed by atoms with Gasteiger partial charge in [-0.3, -0.25) is 4.79 Å². The second kappa shape index (κ2) is 5.82. The van der Waals surface area contributed by atoms with Crippen LogP contribution in [0.2, 0.25) is 5.28 Å². The van der Waals surface area contributed by atoms with E-state index in [0.717, 1.165) is 5.56 Å². The molecule has 0 aliphatic carbocycles. The first-order valence-electron chi connectivity index (χ1n) is 5.46. The zero-order valence-electron chi connectivity index (χ0n) is 10.4. The lowest BCUT2D eigenvalue weighted by molar-refractivity contribution is -0.122. The highest BCUT2D eigenvalue weighted by molar-refractivity contribution is 6.28. The van der Waals surface area contributed by atoms with Crippen LogP contribution in [0.1, 0.15) is 26.3 Å². The van der Waals surface area contributed by atoms with Gasteiger partial charge in [0, 0.05) is 17.8 Å². The van der Waals surface area contributed by atoms with Crippen LogP contribution in [0.3, 0.4) is 0 Å². The number of aromatic nitrogens is 2. The molecule has 6 heteroatoms. The first-order valence-corrected chi connectivity index (χ1v) is 5.84. The Bertz CT molecular complexity index is 408. The molecule has 1 heterocycles. The van der Waals surface area contributed by atoms with E-state index in [-0.39, 0.29) is 23.3 Å². The van der Waals surface area contributed by atoms with E-state index in [1.54, 1.807) is 13.1 Å². The molecule has 0 aliphatic heterocycles. The second-order valence-electron chi connectivity index (χ2n) is 4.20. The number of anilines is 1. The van der Waals surface area contributed by atoms with Gasteiger partial charge in [0.1, 0.15) is 11.9 Å². The van der Waals surface area contributed by atoms with E-state index in [4.69, 9.17) is 11.6 Å². The van der Waals surface area contributed by atoms with Gasteiger partial charge in [-0.2, -0.15) is 0 Å². The summed E-state index contributed by atoms with van der Waals surface area (Å²) in [5, 5.41) is 5.99. The molecule has 1 aromatic heterocycles. The molecule has 0 spiro atoms. The van der Waals surface area contributed by atoms with Gasteiger partial charge in [0.15, 0.2) is 0 Å². The number of hydrogen-bond donors (Lipinski definition) is 2. The molecule has 0 saturated carbocycles. The SMILES string of the molecule is Cc1cnc(Cl)nc1NC(C)C(=O)NC(C)C. The molecule has 1 unspecified atom stereocenters. The van der Waals surface area contributed by atoms with Crippen LogP contribution < -0.4 is 10.6 Å². The van der Waals surface area contributed by atoms with Crippen molar-refractivity contribution < 1.29 is 4.79 Å². The summed E-state index contributed by atoms with van der Waals surface area (Å²) < 4.78 is 0. The standard InChI is InChI=1S/C11H17ClN4O/c1-6(2)14-10(17)8(4)15-9-7(3)5-13-11(12)16-9/h5-6,8H,1-4H3,(H,14,17)(H,13,15,16). The Labute approximate surface area is 106 Å². The normalized spacial score (nSPS) is 12.4. The summed E-state index contributed by atoms with van der Waals surface area (Å²) in [5.74, 6) is 0.505. The summed E-state index contributed by atoms with van der Waals surface area (Å²) in [6, 6.07) is -0.260. The molecule has 0 bridgehead atoms. The lowest BCUT2D eigenvalue weighted by Crippen LogP contribution is -2.41. The highest BCUT2D eigenvalue weighted by Gasteiger charge is 2.15. The smallest absolute Gasteiger partial charge is 0.242 e. The van der Waals surface area contributed by atoms with Gasteiger partial charge in [0.25, 0.3) is 0 Å². The number of nitrogens with zero attached hydrogens (tertiary/aromatic N) is 2. The van der Waals surface area contributed by atoms with Crippen molar-refractivity contribution in [1.82, 2.24) is 15.3 Å². The van der Waals surface area contributed by atoms with Crippen molar-refractivity contribution in [2.24, 2.45) is 0 Å². The van der Waals surface area contributed by atoms with Gasteiger partial charge in [0.2, 0.25) is 11.2 Å². The fourth-order valence-electron chi connectivity index (χ4n) is 1.25. The molecule has 0 fully saturated rings. The Morgan fingerprint density at radius 1 is 1.41 bits per heavy atom. The molecule has 2 N–H and O–H groups in total. The van der Waals surface area contributed by atoms with E-state index in [1.165, 1.54) is 0 Å². The zero-order chi connectivity index (χ0) is 13.0. The van der Waals surface area contributed by atoms with E-state index < -0.39 is 0 Å². The van der Waals surface area contributed by atoms with E-state index in [0.29, 0.717) is 5.82 Å². The molecule has 17 heavy (non-hydrogen) atoms. The molecular formula is C11H17ClN4O. The number of amides is 1. The average Bonchev–Trinajstić information content (AvgIpc) is 2.22. The molecule has 5 nitrogen and oxygen atoms in total. The maximum absolute atomic E-state index is 11.7. The number of hydrogen-bond acceptors (Lipinski definition) is 4. The van der Waals surface area contributed by atoms with Crippen molar-refractivity contribution in [1.29, 1.82) is 0 Å². The molecule has 1 rings (SSSR count). The fraction of sp³-hybridized carbons (Fsp3) is 0.545. The maximum atomic E-state index is 11.7. The van der Waals surface area contributed by atoms with Crippen LogP contribution in [0.25, 0.3) is 0 Å². The van der Waals surface area contributed by atoms with Gasteiger partial charge in [-0.25, -0.2) is 9.97 Å². The molecule has 0 radical (unpaired) electrons. The predicted octanol–water partition coefficient (Wildman–Crippen LogP) is 1.76. The molecule has 94 valence electrons. The van der Waals surface area contributed by atoms with Crippen LogP contribution in [0.5, 0.6) is 0 Å². The van der Waals surface area contributed by atoms with Crippen LogP contribution in [0.4, 0.5) is 5.82 Å². The summed E-state index contributed by atoms with van der Waals surface area (Å²) in [7, 11) is 0. The lowest BCUT2D eigenvalue weighted by Gasteiger charge is -2.17. The Morgan fingerprint density at radius 3 is 2.65 bits per heavy atom. The van der Waals surface area contributed by atoms with Gasteiger partial charge < -0.3 is 10.6 Å². The number of rotatable bonds is 4. The number of nitrogens with one attached hydrogen (secondary N) is 2. The molecule has 0 aromatic carbocycles. The molecule has 1 aromatic rings. The first kappa shape index (κ1) is 13.7. The monoisotopic (exact) mass is 256 g/mol. The maximum Gasteiger partial charge on any atom is 0.242 e. The van der Waals surface area contributed by atoms with Crippen molar-refractivity contribution in [3.63, 3.8) is 0 Å². The molecule has 0 aliphatic rings. The van der Waals surface area contributed by atoms with Crippen LogP contribution in [-0.2, 0) is 4.79 Å². The van der Waals surface area contributed by atoms with E-state index in [2.05, 4.69) is 20.6 Å². The van der Waals surface area contributed by atoms with E-state index in [9.17, 15) is 4.79 Å². The fourth-order valence-corrected chi connectivity index (χ4v) is 1.38. The topological polar surface area (TPSA) is 66.9 Å². The highest BCUT2D eigenvalue weighted by atomic mass is 35.5. The summed E-state index contributed by atoms with van der Waals surface area (Å²) in [6.45, 7) is 7.45. The second-order valence-corrected chi connectivity index (χ2v) is 4.54. The van der Waals surface area contributed by atoms with Crippen molar-refractivity contribution in [2.75, 3.05) is 5.32 Å². The summed E-state index contributed by atoms with van der Waals surface area (Å²) in [4.78, 5) is 19.6. The Hall–Kier alpha value is -1.36. The Morgan fingerprint density at radius 2 is 2.06 bits per heavy atom. The zero-order valence-corrected chi connectivity index (χ0v) is 11.2. The van der Waals surface area contributed by atoms with Crippen molar-refractivity contribution in [2.45, 2.75) is 39.8 Å². The third kappa shape index (κ3) is 4.19. The summed E-state index contributed by atoms with van der Waals surface area (Å²) >= 11 is 5.70. The largest absolute Gasteiger partial charge is 0.358 e. The number of carbonyl (C=O) groups excluding carboxylic acids is 1. The van der Waals surface area contributed by atoms with Crippen molar-refractivity contribution >= 4 is 23.3 Å². The first-order chi connectivity index (χ1) is 7.90. The van der Waals surface area contributed by atoms with Crippen LogP contribution in [0.15, 0.2) is 6.20 Å². The van der Waals surface area contributed by atoms with Gasteiger partial charge in [-0.1, -0.05) is 0 Å². The number of carbonyl (C=O) groups is 1. The minimum absolute atomic E-state index is 0.0749. The van der Waals surface area contributed by atoms with Crippen LogP contribution >= 0.6 is 11.6 Å². The summed E-state index contributed by atoms with van der Waals surface area (Å²) in [6.07, 6.45) is 1.62. The molecule has 0 saturated heterocycles. The highest BCUT2D eigenvalue weighted by Crippen LogP contribution is 2.13. The third-order valence-corrected chi connectivity index (χ3v) is 2.30. The van der Waals surface area contributed by atoms with E-state index >= 15 is 0 Å². The van der Waals surface area contributed by atoms with Gasteiger partial charge in [-0.15, -0.1) is 0 Å². The minimum atomic E-state index is -0.373. The van der Waals surface area contributed by atoms with Crippen LogP contribution in [0, 0.1) is 6.92 Å². The van der Waals surface area contributed by atoms with Gasteiger partial charge in [0.05, 0.1) is 0 Å². The van der Waals surface area contributed by atoms with Gasteiger partial charge in [-0.05, 0) is 39.3 Å². The van der Waals surface area contributed by atoms with Crippen LogP contribution in [-0.4, -0.2) is 28.0 Å². The third-order valence-electron chi connectivity index (χ3n) is 2.12. The predicted molar refractivity (Wildman–Crippen MR) is 68.1 cm³/mol. The minimum Gasteiger partial charge on any atom is -0.358 e. The molecule has 1 amide bonds. The van der Waals surface area contributed by atoms with Crippen molar-refractivity contribution in [3.05, 3.63) is 17.0 Å². The quantitative estimate of drug-likeness (QED) is 0.806. The number of aryl methyl sites for hydroxylation is 1. The molecule has 1 atom stereocenters. The molecular weight excluding hydrogens is 240 g/mol. The van der Waals surface area contributed by atoms with E-state index in [1.807, 2.05) is 20.8 Å².